The second-order valence-corrected chi connectivity index (χ2v) is 10.2. The van der Waals surface area contributed by atoms with Gasteiger partial charge in [0.1, 0.15) is 17.2 Å². The number of likely N-dealkylation sites (tertiary alicyclic amines) is 1. The Morgan fingerprint density at radius 1 is 0.949 bits per heavy atom. The molecule has 7 nitrogen and oxygen atoms in total. The first-order chi connectivity index (χ1) is 18.9. The number of nitrogens with one attached hydrogen (secondary N) is 1. The first-order valence-corrected chi connectivity index (χ1v) is 13.4. The summed E-state index contributed by atoms with van der Waals surface area (Å²) in [6, 6.07) is 24.3. The first-order valence-electron chi connectivity index (χ1n) is 13.4. The van der Waals surface area contributed by atoms with Crippen LogP contribution in [0, 0.1) is 13.8 Å². The minimum absolute atomic E-state index is 0.116. The number of nitrogens with zero attached hydrogens (tertiary/aromatic N) is 3. The molecule has 1 aliphatic rings. The van der Waals surface area contributed by atoms with Gasteiger partial charge in [0.05, 0.1) is 25.6 Å². The quantitative estimate of drug-likeness (QED) is 0.327. The molecule has 0 spiro atoms. The van der Waals surface area contributed by atoms with Crippen molar-refractivity contribution in [3.63, 3.8) is 0 Å². The average Bonchev–Trinajstić information content (AvgIpc) is 3.41. The Kier molecular flexibility index (Phi) is 7.98. The van der Waals surface area contributed by atoms with Crippen molar-refractivity contribution in [1.29, 1.82) is 0 Å². The molecule has 4 aromatic rings. The van der Waals surface area contributed by atoms with E-state index in [0.29, 0.717) is 22.9 Å². The van der Waals surface area contributed by atoms with Crippen LogP contribution in [-0.2, 0) is 6.54 Å². The number of rotatable bonds is 8. The molecule has 1 aliphatic heterocycles. The van der Waals surface area contributed by atoms with Gasteiger partial charge in [-0.15, -0.1) is 0 Å². The highest BCUT2D eigenvalue weighted by atomic mass is 16.5. The Morgan fingerprint density at radius 2 is 1.72 bits per heavy atom. The zero-order valence-corrected chi connectivity index (χ0v) is 23.1. The van der Waals surface area contributed by atoms with E-state index in [2.05, 4.69) is 52.7 Å². The Bertz CT molecular complexity index is 1440. The second kappa shape index (κ2) is 11.7. The third-order valence-electron chi connectivity index (χ3n) is 7.39. The second-order valence-electron chi connectivity index (χ2n) is 10.2. The first kappa shape index (κ1) is 26.5. The van der Waals surface area contributed by atoms with E-state index in [9.17, 15) is 4.79 Å². The summed E-state index contributed by atoms with van der Waals surface area (Å²) >= 11 is 0. The summed E-state index contributed by atoms with van der Waals surface area (Å²) in [6.45, 7) is 6.92. The van der Waals surface area contributed by atoms with E-state index in [1.54, 1.807) is 18.9 Å². The SMILES string of the molecule is COc1ccc(-c2cc(C(=O)NC3CCN(Cc4ccccc4)CC3)n(-c3cc(C)ccc3C)n2)c(OC)c1. The van der Waals surface area contributed by atoms with Crippen molar-refractivity contribution in [3.05, 3.63) is 95.2 Å². The molecule has 39 heavy (non-hydrogen) atoms. The molecular weight excluding hydrogens is 488 g/mol. The smallest absolute Gasteiger partial charge is 0.270 e. The maximum Gasteiger partial charge on any atom is 0.270 e. The van der Waals surface area contributed by atoms with Crippen LogP contribution in [-0.4, -0.2) is 53.9 Å². The van der Waals surface area contributed by atoms with Gasteiger partial charge in [0.2, 0.25) is 0 Å². The van der Waals surface area contributed by atoms with Crippen LogP contribution in [0.2, 0.25) is 0 Å². The van der Waals surface area contributed by atoms with Crippen LogP contribution >= 0.6 is 0 Å². The predicted molar refractivity (Wildman–Crippen MR) is 154 cm³/mol. The molecule has 0 aliphatic carbocycles. The van der Waals surface area contributed by atoms with Gasteiger partial charge in [0, 0.05) is 37.3 Å². The zero-order valence-electron chi connectivity index (χ0n) is 23.1. The van der Waals surface area contributed by atoms with Gasteiger partial charge in [-0.05, 0) is 67.6 Å². The molecule has 0 atom stereocenters. The van der Waals surface area contributed by atoms with E-state index < -0.39 is 0 Å². The van der Waals surface area contributed by atoms with Gasteiger partial charge in [0.15, 0.2) is 0 Å². The van der Waals surface area contributed by atoms with Crippen LogP contribution in [0.15, 0.2) is 72.8 Å². The maximum atomic E-state index is 13.7. The van der Waals surface area contributed by atoms with Crippen molar-refractivity contribution >= 4 is 5.91 Å². The van der Waals surface area contributed by atoms with Crippen LogP contribution in [0.25, 0.3) is 16.9 Å². The van der Waals surface area contributed by atoms with Gasteiger partial charge in [-0.1, -0.05) is 42.5 Å². The number of carbonyl (C=O) groups excluding carboxylic acids is 1. The molecule has 5 rings (SSSR count). The van der Waals surface area contributed by atoms with Crippen LogP contribution in [0.5, 0.6) is 11.5 Å². The minimum atomic E-state index is -0.122. The number of amides is 1. The van der Waals surface area contributed by atoms with Crippen molar-refractivity contribution < 1.29 is 14.3 Å². The summed E-state index contributed by atoms with van der Waals surface area (Å²) in [5, 5.41) is 8.21. The van der Waals surface area contributed by atoms with Crippen molar-refractivity contribution in [2.45, 2.75) is 39.3 Å². The lowest BCUT2D eigenvalue weighted by Gasteiger charge is -2.32. The van der Waals surface area contributed by atoms with Crippen LogP contribution < -0.4 is 14.8 Å². The fourth-order valence-electron chi connectivity index (χ4n) is 5.15. The number of hydrogen-bond acceptors (Lipinski definition) is 5. The Balaban J connectivity index is 1.40. The van der Waals surface area contributed by atoms with Gasteiger partial charge >= 0.3 is 0 Å². The lowest BCUT2D eigenvalue weighted by atomic mass is 10.0. The van der Waals surface area contributed by atoms with E-state index in [0.717, 1.165) is 54.9 Å². The summed E-state index contributed by atoms with van der Waals surface area (Å²) in [4.78, 5) is 16.2. The average molecular weight is 525 g/mol. The standard InChI is InChI=1S/C32H36N4O3/c1-22-10-11-23(2)29(18-22)36-30(20-28(34-36)27-13-12-26(38-3)19-31(27)39-4)32(37)33-25-14-16-35(17-15-25)21-24-8-6-5-7-9-24/h5-13,18-20,25H,14-17,21H2,1-4H3,(H,33,37). The summed E-state index contributed by atoms with van der Waals surface area (Å²) in [5.74, 6) is 1.21. The highest BCUT2D eigenvalue weighted by Gasteiger charge is 2.25. The Labute approximate surface area is 230 Å². The van der Waals surface area contributed by atoms with Crippen molar-refractivity contribution in [2.24, 2.45) is 0 Å². The highest BCUT2D eigenvalue weighted by Crippen LogP contribution is 2.34. The highest BCUT2D eigenvalue weighted by molar-refractivity contribution is 5.95. The number of methoxy groups -OCH3 is 2. The van der Waals surface area contributed by atoms with Gasteiger partial charge in [0.25, 0.3) is 5.91 Å². The fourth-order valence-corrected chi connectivity index (χ4v) is 5.15. The molecule has 0 unspecified atom stereocenters. The Hall–Kier alpha value is -4.10. The van der Waals surface area contributed by atoms with Gasteiger partial charge < -0.3 is 14.8 Å². The predicted octanol–water partition coefficient (Wildman–Crippen LogP) is 5.57. The van der Waals surface area contributed by atoms with Crippen LogP contribution in [0.3, 0.4) is 0 Å². The molecule has 1 N–H and O–H groups in total. The lowest BCUT2D eigenvalue weighted by Crippen LogP contribution is -2.44. The van der Waals surface area contributed by atoms with E-state index in [1.807, 2.05) is 44.2 Å². The summed E-state index contributed by atoms with van der Waals surface area (Å²) in [5.41, 5.74) is 6.31. The van der Waals surface area contributed by atoms with Crippen molar-refractivity contribution in [3.8, 4) is 28.4 Å². The topological polar surface area (TPSA) is 68.6 Å². The minimum Gasteiger partial charge on any atom is -0.497 e. The number of piperidine rings is 1. The molecule has 1 amide bonds. The van der Waals surface area contributed by atoms with E-state index in [1.165, 1.54) is 5.56 Å². The monoisotopic (exact) mass is 524 g/mol. The van der Waals surface area contributed by atoms with Crippen molar-refractivity contribution in [2.75, 3.05) is 27.3 Å². The molecule has 0 saturated carbocycles. The molecule has 202 valence electrons. The van der Waals surface area contributed by atoms with Crippen LogP contribution in [0.4, 0.5) is 0 Å². The van der Waals surface area contributed by atoms with Gasteiger partial charge in [-0.3, -0.25) is 9.69 Å². The summed E-state index contributed by atoms with van der Waals surface area (Å²) in [7, 11) is 3.25. The molecule has 1 fully saturated rings. The van der Waals surface area contributed by atoms with Crippen molar-refractivity contribution in [1.82, 2.24) is 20.0 Å². The molecule has 0 radical (unpaired) electrons. The fraction of sp³-hybridized carbons (Fsp3) is 0.312. The summed E-state index contributed by atoms with van der Waals surface area (Å²) < 4.78 is 12.8. The number of ether oxygens (including phenoxy) is 2. The summed E-state index contributed by atoms with van der Waals surface area (Å²) in [6.07, 6.45) is 1.82. The number of aromatic nitrogens is 2. The van der Waals surface area contributed by atoms with Gasteiger partial charge in [-0.2, -0.15) is 5.10 Å². The number of aryl methyl sites for hydroxylation is 2. The van der Waals surface area contributed by atoms with Crippen LogP contribution in [0.1, 0.15) is 40.0 Å². The maximum absolute atomic E-state index is 13.7. The molecule has 2 heterocycles. The molecule has 7 heteroatoms. The number of hydrogen-bond donors (Lipinski definition) is 1. The zero-order chi connectivity index (χ0) is 27.4. The number of carbonyl (C=O) groups is 1. The van der Waals surface area contributed by atoms with E-state index in [-0.39, 0.29) is 11.9 Å². The van der Waals surface area contributed by atoms with E-state index in [4.69, 9.17) is 14.6 Å². The van der Waals surface area contributed by atoms with Gasteiger partial charge in [-0.25, -0.2) is 4.68 Å². The molecule has 3 aromatic carbocycles. The largest absolute Gasteiger partial charge is 0.497 e. The molecule has 1 aromatic heterocycles. The van der Waals surface area contributed by atoms with E-state index >= 15 is 0 Å². The third-order valence-corrected chi connectivity index (χ3v) is 7.39. The third kappa shape index (κ3) is 5.99. The molecule has 0 bridgehead atoms. The normalized spacial score (nSPS) is 14.3. The lowest BCUT2D eigenvalue weighted by molar-refractivity contribution is 0.0901. The number of benzene rings is 3. The Morgan fingerprint density at radius 3 is 2.44 bits per heavy atom. The molecule has 1 saturated heterocycles. The molecular formula is C32H36N4O3.